The molecule has 0 radical (unpaired) electrons. The molecule has 1 aliphatic heterocycles. The summed E-state index contributed by atoms with van der Waals surface area (Å²) >= 11 is 0. The van der Waals surface area contributed by atoms with Gasteiger partial charge in [-0.05, 0) is 53.4 Å². The number of likely N-dealkylation sites (N-methyl/N-ethyl adjacent to an activating group) is 1. The van der Waals surface area contributed by atoms with E-state index in [0.29, 0.717) is 6.04 Å². The van der Waals surface area contributed by atoms with Gasteiger partial charge >= 0.3 is 0 Å². The Kier molecular flexibility index (Phi) is 6.49. The van der Waals surface area contributed by atoms with Crippen LogP contribution >= 0.6 is 0 Å². The second-order valence-electron chi connectivity index (χ2n) is 7.31. The first-order valence-corrected chi connectivity index (χ1v) is 8.94. The van der Waals surface area contributed by atoms with Gasteiger partial charge in [-0.1, -0.05) is 18.2 Å². The average Bonchev–Trinajstić information content (AvgIpc) is 3.02. The third-order valence-corrected chi connectivity index (χ3v) is 4.83. The van der Waals surface area contributed by atoms with Gasteiger partial charge in [-0.25, -0.2) is 0 Å². The van der Waals surface area contributed by atoms with Crippen molar-refractivity contribution in [1.82, 2.24) is 15.5 Å². The van der Waals surface area contributed by atoms with Crippen molar-refractivity contribution >= 4 is 11.6 Å². The summed E-state index contributed by atoms with van der Waals surface area (Å²) in [7, 11) is 4.20. The second kappa shape index (κ2) is 8.38. The minimum atomic E-state index is 0.0497. The van der Waals surface area contributed by atoms with Gasteiger partial charge in [0.05, 0.1) is 6.54 Å². The van der Waals surface area contributed by atoms with E-state index in [1.54, 1.807) is 0 Å². The highest BCUT2D eigenvalue weighted by molar-refractivity contribution is 5.80. The van der Waals surface area contributed by atoms with E-state index in [0.717, 1.165) is 38.6 Å². The normalized spacial score (nSPS) is 19.0. The molecule has 24 heavy (non-hydrogen) atoms. The number of aliphatic imine (C=N–C) groups is 1. The van der Waals surface area contributed by atoms with Crippen LogP contribution in [0.25, 0.3) is 0 Å². The van der Waals surface area contributed by atoms with E-state index in [2.05, 4.69) is 85.6 Å². The quantitative estimate of drug-likeness (QED) is 0.619. The van der Waals surface area contributed by atoms with Crippen LogP contribution in [0.5, 0.6) is 0 Å². The lowest BCUT2D eigenvalue weighted by Crippen LogP contribution is -2.47. The van der Waals surface area contributed by atoms with Crippen molar-refractivity contribution in [2.45, 2.75) is 38.8 Å². The molecule has 1 fully saturated rings. The van der Waals surface area contributed by atoms with Crippen LogP contribution in [-0.4, -0.2) is 62.7 Å². The summed E-state index contributed by atoms with van der Waals surface area (Å²) in [5, 5.41) is 6.98. The Morgan fingerprint density at radius 1 is 1.29 bits per heavy atom. The predicted molar refractivity (Wildman–Crippen MR) is 104 cm³/mol. The fraction of sp³-hybridized carbons (Fsp3) is 0.632. The zero-order valence-electron chi connectivity index (χ0n) is 15.8. The lowest BCUT2D eigenvalue weighted by Gasteiger charge is -2.31. The molecule has 2 rings (SSSR count). The van der Waals surface area contributed by atoms with Gasteiger partial charge in [0.2, 0.25) is 0 Å². The standard InChI is InChI=1S/C19H33N5/c1-6-20-18(21-15-19(2,3)23(4)5)22-16-12-13-24(14-16)17-10-8-7-9-11-17/h7-11,16H,6,12-15H2,1-5H3,(H2,20,21,22). The van der Waals surface area contributed by atoms with E-state index in [-0.39, 0.29) is 5.54 Å². The van der Waals surface area contributed by atoms with Crippen LogP contribution in [0.15, 0.2) is 35.3 Å². The number of guanidine groups is 1. The van der Waals surface area contributed by atoms with E-state index in [9.17, 15) is 0 Å². The van der Waals surface area contributed by atoms with E-state index in [1.807, 2.05) is 0 Å². The molecular formula is C19H33N5. The molecule has 134 valence electrons. The summed E-state index contributed by atoms with van der Waals surface area (Å²) in [6.45, 7) is 10.3. The van der Waals surface area contributed by atoms with Crippen LogP contribution in [-0.2, 0) is 0 Å². The highest BCUT2D eigenvalue weighted by atomic mass is 15.3. The number of rotatable bonds is 6. The fourth-order valence-corrected chi connectivity index (χ4v) is 2.68. The van der Waals surface area contributed by atoms with Gasteiger partial charge in [-0.15, -0.1) is 0 Å². The highest BCUT2D eigenvalue weighted by Gasteiger charge is 2.24. The molecule has 0 saturated carbocycles. The molecule has 2 N–H and O–H groups in total. The molecule has 1 aromatic carbocycles. The van der Waals surface area contributed by atoms with Crippen molar-refractivity contribution in [2.75, 3.05) is 45.2 Å². The van der Waals surface area contributed by atoms with Crippen molar-refractivity contribution in [1.29, 1.82) is 0 Å². The summed E-state index contributed by atoms with van der Waals surface area (Å²) in [5.74, 6) is 0.923. The predicted octanol–water partition coefficient (Wildman–Crippen LogP) is 2.16. The SMILES string of the molecule is CCNC(=NCC(C)(C)N(C)C)NC1CCN(c2ccccc2)C1. The van der Waals surface area contributed by atoms with Gasteiger partial charge in [0.15, 0.2) is 5.96 Å². The third kappa shape index (κ3) is 5.13. The Balaban J connectivity index is 1.94. The minimum absolute atomic E-state index is 0.0497. The number of nitrogens with zero attached hydrogens (tertiary/aromatic N) is 3. The van der Waals surface area contributed by atoms with Crippen molar-refractivity contribution in [2.24, 2.45) is 4.99 Å². The fourth-order valence-electron chi connectivity index (χ4n) is 2.68. The van der Waals surface area contributed by atoms with E-state index >= 15 is 0 Å². The number of hydrogen-bond donors (Lipinski definition) is 2. The van der Waals surface area contributed by atoms with E-state index in [1.165, 1.54) is 5.69 Å². The number of anilines is 1. The number of nitrogens with one attached hydrogen (secondary N) is 2. The Morgan fingerprint density at radius 3 is 2.62 bits per heavy atom. The first-order chi connectivity index (χ1) is 11.4. The largest absolute Gasteiger partial charge is 0.369 e. The number of benzene rings is 1. The zero-order valence-corrected chi connectivity index (χ0v) is 15.8. The minimum Gasteiger partial charge on any atom is -0.369 e. The van der Waals surface area contributed by atoms with Crippen LogP contribution in [0.2, 0.25) is 0 Å². The molecule has 1 aliphatic rings. The van der Waals surface area contributed by atoms with Gasteiger partial charge in [0.25, 0.3) is 0 Å². The van der Waals surface area contributed by atoms with Crippen molar-refractivity contribution in [3.05, 3.63) is 30.3 Å². The summed E-state index contributed by atoms with van der Waals surface area (Å²) < 4.78 is 0. The maximum atomic E-state index is 4.80. The summed E-state index contributed by atoms with van der Waals surface area (Å²) in [5.41, 5.74) is 1.35. The summed E-state index contributed by atoms with van der Waals surface area (Å²) in [4.78, 5) is 9.45. The highest BCUT2D eigenvalue weighted by Crippen LogP contribution is 2.19. The molecule has 1 unspecified atom stereocenters. The second-order valence-corrected chi connectivity index (χ2v) is 7.31. The molecule has 1 heterocycles. The van der Waals surface area contributed by atoms with Crippen molar-refractivity contribution in [3.63, 3.8) is 0 Å². The lowest BCUT2D eigenvalue weighted by molar-refractivity contribution is 0.204. The topological polar surface area (TPSA) is 42.9 Å². The third-order valence-electron chi connectivity index (χ3n) is 4.83. The molecule has 1 aromatic rings. The summed E-state index contributed by atoms with van der Waals surface area (Å²) in [6.07, 6.45) is 1.14. The first-order valence-electron chi connectivity index (χ1n) is 8.94. The molecule has 5 nitrogen and oxygen atoms in total. The Morgan fingerprint density at radius 2 is 2.00 bits per heavy atom. The molecule has 0 aliphatic carbocycles. The molecule has 0 aromatic heterocycles. The van der Waals surface area contributed by atoms with Crippen LogP contribution < -0.4 is 15.5 Å². The molecular weight excluding hydrogens is 298 g/mol. The Bertz CT molecular complexity index is 524. The molecule has 0 amide bonds. The summed E-state index contributed by atoms with van der Waals surface area (Å²) in [6, 6.07) is 11.1. The van der Waals surface area contributed by atoms with Gasteiger partial charge in [0.1, 0.15) is 0 Å². The smallest absolute Gasteiger partial charge is 0.191 e. The number of para-hydroxylation sites is 1. The number of hydrogen-bond acceptors (Lipinski definition) is 3. The van der Waals surface area contributed by atoms with Gasteiger partial charge in [-0.3, -0.25) is 4.99 Å². The van der Waals surface area contributed by atoms with Gasteiger partial charge < -0.3 is 20.4 Å². The molecule has 5 heteroatoms. The van der Waals surface area contributed by atoms with Gasteiger partial charge in [-0.2, -0.15) is 0 Å². The van der Waals surface area contributed by atoms with Crippen LogP contribution in [0.4, 0.5) is 5.69 Å². The first kappa shape index (κ1) is 18.6. The maximum absolute atomic E-state index is 4.80. The lowest BCUT2D eigenvalue weighted by atomic mass is 10.1. The van der Waals surface area contributed by atoms with Crippen LogP contribution in [0.3, 0.4) is 0 Å². The average molecular weight is 332 g/mol. The molecule has 1 saturated heterocycles. The van der Waals surface area contributed by atoms with E-state index in [4.69, 9.17) is 4.99 Å². The molecule has 0 spiro atoms. The van der Waals surface area contributed by atoms with Crippen molar-refractivity contribution in [3.8, 4) is 0 Å². The van der Waals surface area contributed by atoms with Gasteiger partial charge in [0, 0.05) is 36.9 Å². The van der Waals surface area contributed by atoms with Crippen LogP contribution in [0, 0.1) is 0 Å². The Labute approximate surface area is 147 Å². The zero-order chi connectivity index (χ0) is 17.6. The van der Waals surface area contributed by atoms with Crippen LogP contribution in [0.1, 0.15) is 27.2 Å². The monoisotopic (exact) mass is 331 g/mol. The molecule has 0 bridgehead atoms. The van der Waals surface area contributed by atoms with E-state index < -0.39 is 0 Å². The molecule has 1 atom stereocenters. The van der Waals surface area contributed by atoms with Crippen molar-refractivity contribution < 1.29 is 0 Å². The Hall–Kier alpha value is -1.75. The maximum Gasteiger partial charge on any atom is 0.191 e.